The third-order valence-electron chi connectivity index (χ3n) is 4.54. The van der Waals surface area contributed by atoms with Crippen LogP contribution in [0.15, 0.2) is 24.3 Å². The molecule has 0 atom stereocenters. The Hall–Kier alpha value is -2.74. The molecule has 1 aromatic heterocycles. The third-order valence-corrected chi connectivity index (χ3v) is 4.54. The first-order valence-electron chi connectivity index (χ1n) is 8.92. The number of nitrogens with one attached hydrogen (secondary N) is 3. The second kappa shape index (κ2) is 8.09. The van der Waals surface area contributed by atoms with Gasteiger partial charge in [0.2, 0.25) is 5.91 Å². The van der Waals surface area contributed by atoms with Crippen LogP contribution in [0.3, 0.4) is 0 Å². The minimum absolute atomic E-state index is 0.0491. The second-order valence-electron chi connectivity index (χ2n) is 6.38. The summed E-state index contributed by atoms with van der Waals surface area (Å²) >= 11 is 0. The van der Waals surface area contributed by atoms with Crippen LogP contribution in [0.25, 0.3) is 0 Å². The van der Waals surface area contributed by atoms with E-state index in [1.165, 1.54) is 0 Å². The summed E-state index contributed by atoms with van der Waals surface area (Å²) in [5.74, 6) is -0.333. The van der Waals surface area contributed by atoms with Gasteiger partial charge in [0.05, 0.1) is 11.7 Å². The average molecular weight is 356 g/mol. The summed E-state index contributed by atoms with van der Waals surface area (Å²) in [6.45, 7) is 5.57. The molecule has 0 bridgehead atoms. The fraction of sp³-hybridized carbons (Fsp3) is 0.444. The van der Waals surface area contributed by atoms with Gasteiger partial charge in [-0.15, -0.1) is 5.10 Å². The molecule has 0 spiro atoms. The van der Waals surface area contributed by atoms with Crippen molar-refractivity contribution in [3.63, 3.8) is 0 Å². The van der Waals surface area contributed by atoms with Crippen molar-refractivity contribution in [2.75, 3.05) is 23.7 Å². The van der Waals surface area contributed by atoms with Crippen molar-refractivity contribution >= 4 is 23.2 Å². The molecule has 3 rings (SSSR count). The van der Waals surface area contributed by atoms with Gasteiger partial charge in [-0.3, -0.25) is 9.59 Å². The molecular weight excluding hydrogens is 332 g/mol. The highest BCUT2D eigenvalue weighted by Gasteiger charge is 2.22. The summed E-state index contributed by atoms with van der Waals surface area (Å²) in [5, 5.41) is 17.2. The topological polar surface area (TPSA) is 101 Å². The Morgan fingerprint density at radius 1 is 1.15 bits per heavy atom. The molecule has 138 valence electrons. The first-order valence-corrected chi connectivity index (χ1v) is 8.92. The molecule has 0 radical (unpaired) electrons. The summed E-state index contributed by atoms with van der Waals surface area (Å²) in [4.78, 5) is 23.9. The summed E-state index contributed by atoms with van der Waals surface area (Å²) in [6, 6.07) is 7.28. The highest BCUT2D eigenvalue weighted by Crippen LogP contribution is 2.21. The van der Waals surface area contributed by atoms with Crippen molar-refractivity contribution in [1.29, 1.82) is 0 Å². The Labute approximate surface area is 152 Å². The van der Waals surface area contributed by atoms with E-state index in [4.69, 9.17) is 0 Å². The van der Waals surface area contributed by atoms with E-state index in [2.05, 4.69) is 26.3 Å². The fourth-order valence-corrected chi connectivity index (χ4v) is 3.03. The maximum absolute atomic E-state index is 12.5. The van der Waals surface area contributed by atoms with E-state index in [1.54, 1.807) is 31.2 Å². The van der Waals surface area contributed by atoms with Gasteiger partial charge in [-0.25, -0.2) is 4.68 Å². The Bertz CT molecular complexity index is 777. The van der Waals surface area contributed by atoms with E-state index in [9.17, 15) is 9.59 Å². The average Bonchev–Trinajstić information content (AvgIpc) is 3.05. The van der Waals surface area contributed by atoms with Crippen LogP contribution in [0.4, 0.5) is 11.4 Å². The zero-order chi connectivity index (χ0) is 18.5. The number of carbonyl (C=O) groups is 2. The molecule has 26 heavy (non-hydrogen) atoms. The molecule has 8 heteroatoms. The van der Waals surface area contributed by atoms with Crippen molar-refractivity contribution < 1.29 is 9.59 Å². The number of anilines is 2. The quantitative estimate of drug-likeness (QED) is 0.762. The SMILES string of the molecule is CCC(=O)Nc1ccc(NC(=O)c2nnn(C3CCNCC3)c2C)cc1. The molecule has 2 aromatic rings. The molecule has 0 aliphatic carbocycles. The number of piperidine rings is 1. The molecular formula is C18H24N6O2. The molecule has 1 fully saturated rings. The summed E-state index contributed by atoms with van der Waals surface area (Å²) in [7, 11) is 0. The minimum atomic E-state index is -0.284. The van der Waals surface area contributed by atoms with Gasteiger partial charge in [-0.1, -0.05) is 12.1 Å². The van der Waals surface area contributed by atoms with E-state index in [0.717, 1.165) is 31.6 Å². The molecule has 1 saturated heterocycles. The minimum Gasteiger partial charge on any atom is -0.326 e. The lowest BCUT2D eigenvalue weighted by atomic mass is 10.1. The van der Waals surface area contributed by atoms with Crippen LogP contribution >= 0.6 is 0 Å². The van der Waals surface area contributed by atoms with Crippen LogP contribution in [-0.2, 0) is 4.79 Å². The van der Waals surface area contributed by atoms with E-state index in [-0.39, 0.29) is 17.9 Å². The number of hydrogen-bond acceptors (Lipinski definition) is 5. The standard InChI is InChI=1S/C18H24N6O2/c1-3-16(25)20-13-4-6-14(7-5-13)21-18(26)17-12(2)24(23-22-17)15-8-10-19-11-9-15/h4-7,15,19H,3,8-11H2,1-2H3,(H,20,25)(H,21,26). The molecule has 3 N–H and O–H groups in total. The number of benzene rings is 1. The molecule has 8 nitrogen and oxygen atoms in total. The smallest absolute Gasteiger partial charge is 0.278 e. The molecule has 2 amide bonds. The van der Waals surface area contributed by atoms with Gasteiger partial charge in [-0.05, 0) is 57.1 Å². The second-order valence-corrected chi connectivity index (χ2v) is 6.38. The molecule has 1 aliphatic heterocycles. The van der Waals surface area contributed by atoms with Gasteiger partial charge in [0.1, 0.15) is 0 Å². The van der Waals surface area contributed by atoms with Crippen molar-refractivity contribution in [2.45, 2.75) is 39.2 Å². The predicted molar refractivity (Wildman–Crippen MR) is 99.2 cm³/mol. The largest absolute Gasteiger partial charge is 0.326 e. The van der Waals surface area contributed by atoms with Crippen molar-refractivity contribution in [1.82, 2.24) is 20.3 Å². The monoisotopic (exact) mass is 356 g/mol. The van der Waals surface area contributed by atoms with Crippen LogP contribution in [0.1, 0.15) is 48.4 Å². The zero-order valence-corrected chi connectivity index (χ0v) is 15.1. The van der Waals surface area contributed by atoms with Gasteiger partial charge in [0.25, 0.3) is 5.91 Å². The summed E-state index contributed by atoms with van der Waals surface area (Å²) < 4.78 is 1.86. The molecule has 0 unspecified atom stereocenters. The van der Waals surface area contributed by atoms with Gasteiger partial charge in [0.15, 0.2) is 5.69 Å². The molecule has 1 aliphatic rings. The maximum atomic E-state index is 12.5. The Kier molecular flexibility index (Phi) is 5.62. The predicted octanol–water partition coefficient (Wildman–Crippen LogP) is 2.11. The van der Waals surface area contributed by atoms with Crippen LogP contribution in [0.2, 0.25) is 0 Å². The number of hydrogen-bond donors (Lipinski definition) is 3. The first kappa shape index (κ1) is 18.1. The van der Waals surface area contributed by atoms with Crippen molar-refractivity contribution in [2.24, 2.45) is 0 Å². The normalized spacial score (nSPS) is 14.8. The number of amides is 2. The first-order chi connectivity index (χ1) is 12.6. The van der Waals surface area contributed by atoms with Gasteiger partial charge >= 0.3 is 0 Å². The fourth-order valence-electron chi connectivity index (χ4n) is 3.03. The van der Waals surface area contributed by atoms with Crippen LogP contribution in [-0.4, -0.2) is 39.9 Å². The summed E-state index contributed by atoms with van der Waals surface area (Å²) in [5.41, 5.74) is 2.45. The molecule has 1 aromatic carbocycles. The van der Waals surface area contributed by atoms with Crippen molar-refractivity contribution in [3.8, 4) is 0 Å². The van der Waals surface area contributed by atoms with Gasteiger partial charge in [-0.2, -0.15) is 0 Å². The zero-order valence-electron chi connectivity index (χ0n) is 15.1. The van der Waals surface area contributed by atoms with E-state index < -0.39 is 0 Å². The maximum Gasteiger partial charge on any atom is 0.278 e. The highest BCUT2D eigenvalue weighted by atomic mass is 16.2. The molecule has 0 saturated carbocycles. The number of aromatic nitrogens is 3. The lowest BCUT2D eigenvalue weighted by Crippen LogP contribution is -2.30. The van der Waals surface area contributed by atoms with Crippen LogP contribution in [0, 0.1) is 6.92 Å². The van der Waals surface area contributed by atoms with Crippen LogP contribution in [0.5, 0.6) is 0 Å². The highest BCUT2D eigenvalue weighted by molar-refractivity contribution is 6.03. The number of carbonyl (C=O) groups excluding carboxylic acids is 2. The Morgan fingerprint density at radius 2 is 1.77 bits per heavy atom. The summed E-state index contributed by atoms with van der Waals surface area (Å²) in [6.07, 6.45) is 2.39. The Morgan fingerprint density at radius 3 is 2.38 bits per heavy atom. The lowest BCUT2D eigenvalue weighted by Gasteiger charge is -2.23. The van der Waals surface area contributed by atoms with Gasteiger partial charge < -0.3 is 16.0 Å². The van der Waals surface area contributed by atoms with E-state index >= 15 is 0 Å². The third kappa shape index (κ3) is 4.08. The van der Waals surface area contributed by atoms with Crippen LogP contribution < -0.4 is 16.0 Å². The van der Waals surface area contributed by atoms with Crippen molar-refractivity contribution in [3.05, 3.63) is 35.7 Å². The Balaban J connectivity index is 1.66. The van der Waals surface area contributed by atoms with E-state index in [0.29, 0.717) is 23.5 Å². The van der Waals surface area contributed by atoms with E-state index in [1.807, 2.05) is 11.6 Å². The number of rotatable bonds is 5. The van der Waals surface area contributed by atoms with Gasteiger partial charge in [0, 0.05) is 17.8 Å². The molecule has 2 heterocycles. The lowest BCUT2D eigenvalue weighted by molar-refractivity contribution is -0.115. The number of nitrogens with zero attached hydrogens (tertiary/aromatic N) is 3.